The molecule has 0 aromatic heterocycles. The Hall–Kier alpha value is -1.57. The topological polar surface area (TPSA) is 3.24 Å². The Labute approximate surface area is 161 Å². The summed E-state index contributed by atoms with van der Waals surface area (Å²) < 4.78 is 14.3. The highest BCUT2D eigenvalue weighted by molar-refractivity contribution is 5.48. The van der Waals surface area contributed by atoms with Crippen LogP contribution in [0.2, 0.25) is 0 Å². The SMILES string of the molecule is C/C=C(/C=C\C(C)=C(C)C)C(=C\C)\C=C(/CC)N1CCC(C(C)(C)F)C1. The number of allylic oxidation sites excluding steroid dienone is 10. The molecule has 0 amide bonds. The molecule has 1 aliphatic rings. The molecule has 2 heteroatoms. The summed E-state index contributed by atoms with van der Waals surface area (Å²) in [6, 6.07) is 0. The van der Waals surface area contributed by atoms with Crippen LogP contribution in [0.15, 0.2) is 58.4 Å². The Morgan fingerprint density at radius 1 is 1.08 bits per heavy atom. The zero-order valence-corrected chi connectivity index (χ0v) is 18.1. The number of hydrogen-bond donors (Lipinski definition) is 0. The first kappa shape index (κ1) is 22.5. The van der Waals surface area contributed by atoms with E-state index in [1.807, 2.05) is 0 Å². The maximum absolute atomic E-state index is 14.3. The van der Waals surface area contributed by atoms with Gasteiger partial charge in [-0.2, -0.15) is 0 Å². The maximum Gasteiger partial charge on any atom is 0.110 e. The summed E-state index contributed by atoms with van der Waals surface area (Å²) in [6.45, 7) is 18.0. The molecule has 1 unspecified atom stereocenters. The number of rotatable bonds is 7. The van der Waals surface area contributed by atoms with Crippen LogP contribution in [0.4, 0.5) is 4.39 Å². The Kier molecular flexibility index (Phi) is 8.59. The van der Waals surface area contributed by atoms with E-state index in [0.29, 0.717) is 0 Å². The summed E-state index contributed by atoms with van der Waals surface area (Å²) in [5.41, 5.74) is 5.28. The van der Waals surface area contributed by atoms with E-state index in [0.717, 1.165) is 25.9 Å². The van der Waals surface area contributed by atoms with Gasteiger partial charge in [0, 0.05) is 24.7 Å². The lowest BCUT2D eigenvalue weighted by Gasteiger charge is -2.25. The molecular formula is C24H38FN. The van der Waals surface area contributed by atoms with Gasteiger partial charge < -0.3 is 4.90 Å². The highest BCUT2D eigenvalue weighted by Gasteiger charge is 2.35. The number of likely N-dealkylation sites (tertiary alicyclic amines) is 1. The molecule has 1 nitrogen and oxygen atoms in total. The van der Waals surface area contributed by atoms with Crippen LogP contribution < -0.4 is 0 Å². The maximum atomic E-state index is 14.3. The van der Waals surface area contributed by atoms with E-state index < -0.39 is 5.67 Å². The van der Waals surface area contributed by atoms with Gasteiger partial charge in [0.05, 0.1) is 0 Å². The molecule has 1 heterocycles. The van der Waals surface area contributed by atoms with Gasteiger partial charge in [0.2, 0.25) is 0 Å². The molecule has 0 aromatic rings. The lowest BCUT2D eigenvalue weighted by molar-refractivity contribution is 0.130. The van der Waals surface area contributed by atoms with E-state index in [9.17, 15) is 4.39 Å². The molecule has 146 valence electrons. The molecule has 1 atom stereocenters. The molecule has 1 fully saturated rings. The molecule has 0 bridgehead atoms. The Morgan fingerprint density at radius 3 is 2.12 bits per heavy atom. The fourth-order valence-electron chi connectivity index (χ4n) is 3.25. The van der Waals surface area contributed by atoms with Crippen molar-refractivity contribution in [3.05, 3.63) is 58.4 Å². The fraction of sp³-hybridized carbons (Fsp3) is 0.583. The van der Waals surface area contributed by atoms with Gasteiger partial charge >= 0.3 is 0 Å². The van der Waals surface area contributed by atoms with Crippen LogP contribution in [-0.2, 0) is 0 Å². The summed E-state index contributed by atoms with van der Waals surface area (Å²) in [7, 11) is 0. The van der Waals surface area contributed by atoms with Gasteiger partial charge in [0.1, 0.15) is 5.67 Å². The molecule has 0 radical (unpaired) electrons. The van der Waals surface area contributed by atoms with Crippen molar-refractivity contribution in [2.75, 3.05) is 13.1 Å². The molecule has 1 rings (SSSR count). The van der Waals surface area contributed by atoms with Crippen LogP contribution >= 0.6 is 0 Å². The third-order valence-electron chi connectivity index (χ3n) is 5.51. The first-order valence-electron chi connectivity index (χ1n) is 9.93. The van der Waals surface area contributed by atoms with Gasteiger partial charge in [0.15, 0.2) is 0 Å². The van der Waals surface area contributed by atoms with Crippen molar-refractivity contribution in [1.29, 1.82) is 0 Å². The van der Waals surface area contributed by atoms with E-state index in [1.54, 1.807) is 13.8 Å². The lowest BCUT2D eigenvalue weighted by atomic mass is 9.92. The fourth-order valence-corrected chi connectivity index (χ4v) is 3.25. The van der Waals surface area contributed by atoms with Gasteiger partial charge in [-0.05, 0) is 78.5 Å². The molecule has 1 saturated heterocycles. The average Bonchev–Trinajstić information content (AvgIpc) is 3.07. The zero-order chi connectivity index (χ0) is 19.9. The van der Waals surface area contributed by atoms with Gasteiger partial charge in [-0.3, -0.25) is 0 Å². The van der Waals surface area contributed by atoms with Crippen LogP contribution in [-0.4, -0.2) is 23.7 Å². The molecule has 0 spiro atoms. The van der Waals surface area contributed by atoms with Crippen molar-refractivity contribution in [2.45, 2.75) is 73.9 Å². The third kappa shape index (κ3) is 6.30. The van der Waals surface area contributed by atoms with Crippen LogP contribution in [0.25, 0.3) is 0 Å². The zero-order valence-electron chi connectivity index (χ0n) is 18.1. The smallest absolute Gasteiger partial charge is 0.110 e. The van der Waals surface area contributed by atoms with Crippen LogP contribution in [0.1, 0.15) is 68.2 Å². The number of halogens is 1. The van der Waals surface area contributed by atoms with E-state index >= 15 is 0 Å². The minimum Gasteiger partial charge on any atom is -0.374 e. The third-order valence-corrected chi connectivity index (χ3v) is 5.51. The second-order valence-corrected chi connectivity index (χ2v) is 7.99. The largest absolute Gasteiger partial charge is 0.374 e. The molecule has 0 aromatic carbocycles. The summed E-state index contributed by atoms with van der Waals surface area (Å²) in [5.74, 6) is 0.118. The monoisotopic (exact) mass is 359 g/mol. The second-order valence-electron chi connectivity index (χ2n) is 7.99. The van der Waals surface area contributed by atoms with Gasteiger partial charge in [-0.1, -0.05) is 42.4 Å². The quantitative estimate of drug-likeness (QED) is 0.436. The number of hydrogen-bond acceptors (Lipinski definition) is 1. The van der Waals surface area contributed by atoms with Crippen molar-refractivity contribution in [3.8, 4) is 0 Å². The predicted molar refractivity (Wildman–Crippen MR) is 114 cm³/mol. The highest BCUT2D eigenvalue weighted by atomic mass is 19.1. The van der Waals surface area contributed by atoms with Gasteiger partial charge in [-0.15, -0.1) is 0 Å². The summed E-state index contributed by atoms with van der Waals surface area (Å²) in [4.78, 5) is 2.37. The van der Waals surface area contributed by atoms with Crippen LogP contribution in [0, 0.1) is 5.92 Å². The summed E-state index contributed by atoms with van der Waals surface area (Å²) in [5, 5.41) is 0. The van der Waals surface area contributed by atoms with Gasteiger partial charge in [-0.25, -0.2) is 4.39 Å². The van der Waals surface area contributed by atoms with Crippen molar-refractivity contribution in [1.82, 2.24) is 4.90 Å². The molecule has 26 heavy (non-hydrogen) atoms. The van der Waals surface area contributed by atoms with Gasteiger partial charge in [0.25, 0.3) is 0 Å². The highest BCUT2D eigenvalue weighted by Crippen LogP contribution is 2.33. The van der Waals surface area contributed by atoms with Crippen molar-refractivity contribution >= 4 is 0 Å². The van der Waals surface area contributed by atoms with E-state index in [-0.39, 0.29) is 5.92 Å². The van der Waals surface area contributed by atoms with Crippen molar-refractivity contribution in [2.24, 2.45) is 5.92 Å². The van der Waals surface area contributed by atoms with E-state index in [1.165, 1.54) is 28.0 Å². The van der Waals surface area contributed by atoms with E-state index in [4.69, 9.17) is 0 Å². The molecule has 0 aliphatic carbocycles. The van der Waals surface area contributed by atoms with Crippen LogP contribution in [0.5, 0.6) is 0 Å². The predicted octanol–water partition coefficient (Wildman–Crippen LogP) is 7.16. The standard InChI is InChI=1S/C24H38FN/c1-9-20(13-12-19(6)18(4)5)21(10-2)16-23(11-3)26-15-14-22(17-26)24(7,8)25/h9-10,12-13,16,22H,11,14-15,17H2,1-8H3/b13-12-,20-9-,21-10+,23-16+. The molecular weight excluding hydrogens is 321 g/mol. The second kappa shape index (κ2) is 9.94. The van der Waals surface area contributed by atoms with Crippen LogP contribution in [0.3, 0.4) is 0 Å². The molecule has 0 saturated carbocycles. The minimum absolute atomic E-state index is 0.118. The first-order valence-corrected chi connectivity index (χ1v) is 9.93. The number of alkyl halides is 1. The summed E-state index contributed by atoms with van der Waals surface area (Å²) in [6.07, 6.45) is 12.9. The molecule has 1 aliphatic heterocycles. The Morgan fingerprint density at radius 2 is 1.69 bits per heavy atom. The van der Waals surface area contributed by atoms with E-state index in [2.05, 4.69) is 76.8 Å². The Balaban J connectivity index is 3.03. The van der Waals surface area contributed by atoms with Crippen molar-refractivity contribution in [3.63, 3.8) is 0 Å². The lowest BCUT2D eigenvalue weighted by Crippen LogP contribution is -2.29. The Bertz CT molecular complexity index is 619. The molecule has 0 N–H and O–H groups in total. The summed E-state index contributed by atoms with van der Waals surface area (Å²) >= 11 is 0. The average molecular weight is 360 g/mol. The minimum atomic E-state index is -1.10. The first-order chi connectivity index (χ1) is 12.1. The number of nitrogens with zero attached hydrogens (tertiary/aromatic N) is 1. The van der Waals surface area contributed by atoms with Crippen molar-refractivity contribution < 1.29 is 4.39 Å². The normalized spacial score (nSPS) is 20.3.